The van der Waals surface area contributed by atoms with Gasteiger partial charge < -0.3 is 5.32 Å². The first-order chi connectivity index (χ1) is 9.36. The lowest BCUT2D eigenvalue weighted by Gasteiger charge is -2.11. The molecular formula is C14H18N2O2S2. The Morgan fingerprint density at radius 1 is 1.30 bits per heavy atom. The summed E-state index contributed by atoms with van der Waals surface area (Å²) in [5.74, 6) is 0. The molecule has 0 saturated carbocycles. The first kappa shape index (κ1) is 15.2. The lowest BCUT2D eigenvalue weighted by Crippen LogP contribution is -2.18. The highest BCUT2D eigenvalue weighted by atomic mass is 32.2. The molecule has 6 heteroatoms. The molecule has 0 fully saturated rings. The molecule has 1 heterocycles. The summed E-state index contributed by atoms with van der Waals surface area (Å²) in [5, 5.41) is 6.50. The highest BCUT2D eigenvalue weighted by Crippen LogP contribution is 2.16. The number of rotatable bonds is 5. The second-order valence-corrected chi connectivity index (χ2v) is 7.89. The van der Waals surface area contributed by atoms with Crippen LogP contribution in [0.15, 0.2) is 34.5 Å². The van der Waals surface area contributed by atoms with Crippen molar-refractivity contribution >= 4 is 21.2 Å². The summed E-state index contributed by atoms with van der Waals surface area (Å²) in [7, 11) is -3.12. The van der Waals surface area contributed by atoms with Crippen LogP contribution in [0.25, 0.3) is 0 Å². The van der Waals surface area contributed by atoms with E-state index in [0.29, 0.717) is 11.4 Å². The quantitative estimate of drug-likeness (QED) is 0.922. The van der Waals surface area contributed by atoms with Gasteiger partial charge in [-0.05, 0) is 31.5 Å². The van der Waals surface area contributed by atoms with Crippen molar-refractivity contribution in [2.75, 3.05) is 6.26 Å². The Morgan fingerprint density at radius 3 is 2.45 bits per heavy atom. The fraction of sp³-hybridized carbons (Fsp3) is 0.357. The van der Waals surface area contributed by atoms with Gasteiger partial charge in [-0.25, -0.2) is 13.4 Å². The largest absolute Gasteiger partial charge is 0.305 e. The van der Waals surface area contributed by atoms with Crippen molar-refractivity contribution in [3.05, 3.63) is 45.9 Å². The Kier molecular flexibility index (Phi) is 4.57. The van der Waals surface area contributed by atoms with E-state index in [4.69, 9.17) is 0 Å². The molecule has 0 aliphatic heterocycles. The van der Waals surface area contributed by atoms with Crippen LogP contribution >= 0.6 is 11.3 Å². The van der Waals surface area contributed by atoms with Crippen LogP contribution in [0.1, 0.15) is 29.2 Å². The van der Waals surface area contributed by atoms with Gasteiger partial charge in [-0.15, -0.1) is 11.3 Å². The molecule has 0 radical (unpaired) electrons. The van der Waals surface area contributed by atoms with Crippen molar-refractivity contribution in [1.29, 1.82) is 0 Å². The maximum Gasteiger partial charge on any atom is 0.175 e. The second-order valence-electron chi connectivity index (χ2n) is 4.81. The molecule has 4 nitrogen and oxygen atoms in total. The van der Waals surface area contributed by atoms with E-state index in [2.05, 4.69) is 22.6 Å². The first-order valence-corrected chi connectivity index (χ1v) is 9.08. The summed E-state index contributed by atoms with van der Waals surface area (Å²) >= 11 is 1.64. The van der Waals surface area contributed by atoms with Crippen LogP contribution < -0.4 is 5.32 Å². The van der Waals surface area contributed by atoms with E-state index in [1.165, 1.54) is 6.26 Å². The fourth-order valence-corrected chi connectivity index (χ4v) is 3.15. The Bertz CT molecular complexity index is 675. The number of thiazole rings is 1. The standard InChI is InChI=1S/C14H18N2O2S2/c1-10(14-9-19-11(2)16-14)15-8-12-4-6-13(7-5-12)20(3,17)18/h4-7,9-10,15H,8H2,1-3H3. The molecule has 2 aromatic rings. The van der Waals surface area contributed by atoms with Gasteiger partial charge in [0, 0.05) is 24.2 Å². The van der Waals surface area contributed by atoms with Crippen molar-refractivity contribution in [3.63, 3.8) is 0 Å². The van der Waals surface area contributed by atoms with Crippen LogP contribution in [0.3, 0.4) is 0 Å². The molecule has 1 aromatic carbocycles. The maximum atomic E-state index is 11.4. The van der Waals surface area contributed by atoms with E-state index < -0.39 is 9.84 Å². The number of hydrogen-bond acceptors (Lipinski definition) is 5. The highest BCUT2D eigenvalue weighted by Gasteiger charge is 2.09. The van der Waals surface area contributed by atoms with Crippen LogP contribution in [0.4, 0.5) is 0 Å². The van der Waals surface area contributed by atoms with E-state index in [1.54, 1.807) is 23.5 Å². The van der Waals surface area contributed by atoms with Gasteiger partial charge in [0.1, 0.15) is 0 Å². The predicted molar refractivity (Wildman–Crippen MR) is 81.7 cm³/mol. The third-order valence-electron chi connectivity index (χ3n) is 3.04. The third-order valence-corrected chi connectivity index (χ3v) is 4.96. The number of aryl methyl sites for hydroxylation is 1. The van der Waals surface area contributed by atoms with Gasteiger partial charge in [0.15, 0.2) is 9.84 Å². The average Bonchev–Trinajstić information content (AvgIpc) is 2.82. The van der Waals surface area contributed by atoms with Gasteiger partial charge in [-0.1, -0.05) is 12.1 Å². The predicted octanol–water partition coefficient (Wildman–Crippen LogP) is 2.71. The summed E-state index contributed by atoms with van der Waals surface area (Å²) in [6.07, 6.45) is 1.22. The summed E-state index contributed by atoms with van der Waals surface area (Å²) in [6, 6.07) is 7.13. The van der Waals surface area contributed by atoms with Crippen molar-refractivity contribution in [2.45, 2.75) is 31.3 Å². The smallest absolute Gasteiger partial charge is 0.175 e. The van der Waals surface area contributed by atoms with Crippen LogP contribution in [0.2, 0.25) is 0 Å². The van der Waals surface area contributed by atoms with Gasteiger partial charge in [-0.2, -0.15) is 0 Å². The first-order valence-electron chi connectivity index (χ1n) is 6.30. The summed E-state index contributed by atoms with van der Waals surface area (Å²) in [5.41, 5.74) is 2.09. The monoisotopic (exact) mass is 310 g/mol. The van der Waals surface area contributed by atoms with Gasteiger partial charge in [0.2, 0.25) is 0 Å². The van der Waals surface area contributed by atoms with Crippen LogP contribution in [-0.2, 0) is 16.4 Å². The highest BCUT2D eigenvalue weighted by molar-refractivity contribution is 7.90. The Morgan fingerprint density at radius 2 is 1.95 bits per heavy atom. The van der Waals surface area contributed by atoms with Crippen LogP contribution in [0, 0.1) is 6.92 Å². The molecule has 2 rings (SSSR count). The Labute approximate surface area is 123 Å². The Hall–Kier alpha value is -1.24. The minimum absolute atomic E-state index is 0.175. The van der Waals surface area contributed by atoms with Crippen LogP contribution in [0.5, 0.6) is 0 Å². The number of hydrogen-bond donors (Lipinski definition) is 1. The second kappa shape index (κ2) is 6.03. The molecular weight excluding hydrogens is 292 g/mol. The van der Waals surface area contributed by atoms with Gasteiger partial charge in [0.25, 0.3) is 0 Å². The third kappa shape index (κ3) is 3.88. The van der Waals surface area contributed by atoms with Crippen LogP contribution in [-0.4, -0.2) is 19.7 Å². The molecule has 0 amide bonds. The molecule has 1 aromatic heterocycles. The number of aromatic nitrogens is 1. The van der Waals surface area contributed by atoms with E-state index in [0.717, 1.165) is 16.3 Å². The molecule has 0 saturated heterocycles. The van der Waals surface area contributed by atoms with Crippen molar-refractivity contribution in [1.82, 2.24) is 10.3 Å². The molecule has 1 N–H and O–H groups in total. The molecule has 1 unspecified atom stereocenters. The molecule has 20 heavy (non-hydrogen) atoms. The number of benzene rings is 1. The molecule has 0 aliphatic rings. The summed E-state index contributed by atoms with van der Waals surface area (Å²) < 4.78 is 22.7. The topological polar surface area (TPSA) is 59.1 Å². The lowest BCUT2D eigenvalue weighted by molar-refractivity contribution is 0.563. The van der Waals surface area contributed by atoms with Gasteiger partial charge in [0.05, 0.1) is 15.6 Å². The maximum absolute atomic E-state index is 11.4. The number of nitrogens with zero attached hydrogens (tertiary/aromatic N) is 1. The average molecular weight is 310 g/mol. The zero-order valence-electron chi connectivity index (χ0n) is 11.8. The van der Waals surface area contributed by atoms with E-state index in [9.17, 15) is 8.42 Å². The number of sulfone groups is 1. The van der Waals surface area contributed by atoms with Gasteiger partial charge >= 0.3 is 0 Å². The minimum atomic E-state index is -3.12. The Balaban J connectivity index is 1.97. The van der Waals surface area contributed by atoms with Crippen molar-refractivity contribution in [2.24, 2.45) is 0 Å². The number of nitrogens with one attached hydrogen (secondary N) is 1. The molecule has 0 aliphatic carbocycles. The van der Waals surface area contributed by atoms with Crippen molar-refractivity contribution < 1.29 is 8.42 Å². The summed E-state index contributed by atoms with van der Waals surface area (Å²) in [4.78, 5) is 4.80. The molecule has 0 spiro atoms. The normalized spacial score (nSPS) is 13.3. The molecule has 108 valence electrons. The zero-order valence-corrected chi connectivity index (χ0v) is 13.4. The fourth-order valence-electron chi connectivity index (χ4n) is 1.81. The molecule has 1 atom stereocenters. The summed E-state index contributed by atoms with van der Waals surface area (Å²) in [6.45, 7) is 4.74. The van der Waals surface area contributed by atoms with E-state index in [1.807, 2.05) is 19.1 Å². The van der Waals surface area contributed by atoms with Gasteiger partial charge in [-0.3, -0.25) is 0 Å². The van der Waals surface area contributed by atoms with E-state index >= 15 is 0 Å². The minimum Gasteiger partial charge on any atom is -0.305 e. The zero-order chi connectivity index (χ0) is 14.8. The molecule has 0 bridgehead atoms. The SMILES string of the molecule is Cc1nc(C(C)NCc2ccc(S(C)(=O)=O)cc2)cs1. The van der Waals surface area contributed by atoms with Crippen molar-refractivity contribution in [3.8, 4) is 0 Å². The van der Waals surface area contributed by atoms with E-state index in [-0.39, 0.29) is 6.04 Å². The lowest BCUT2D eigenvalue weighted by atomic mass is 10.2.